The first-order chi connectivity index (χ1) is 14.3. The molecule has 2 aliphatic rings. The van der Waals surface area contributed by atoms with Gasteiger partial charge in [-0.25, -0.2) is 3.63 Å². The van der Waals surface area contributed by atoms with Crippen molar-refractivity contribution in [3.8, 4) is 0 Å². The summed E-state index contributed by atoms with van der Waals surface area (Å²) in [4.78, 5) is 9.43. The monoisotopic (exact) mass is 428 g/mol. The second kappa shape index (κ2) is 10.3. The van der Waals surface area contributed by atoms with Crippen molar-refractivity contribution in [1.82, 2.24) is 9.97 Å². The van der Waals surface area contributed by atoms with Crippen molar-refractivity contribution in [2.45, 2.75) is 75.0 Å². The molecule has 156 valence electrons. The molecule has 2 fully saturated rings. The maximum absolute atomic E-state index is 6.11. The minimum Gasteiger partial charge on any atom is -0.261 e. The van der Waals surface area contributed by atoms with Crippen molar-refractivity contribution >= 4 is 24.1 Å². The molecule has 2 aromatic heterocycles. The highest BCUT2D eigenvalue weighted by molar-refractivity contribution is 8.07. The summed E-state index contributed by atoms with van der Waals surface area (Å²) in [6.45, 7) is 0. The first kappa shape index (κ1) is 21.2. The van der Waals surface area contributed by atoms with Crippen molar-refractivity contribution in [2.24, 2.45) is 0 Å². The number of nitrogens with zero attached hydrogens (tertiary/aromatic N) is 2. The molecule has 0 bridgehead atoms. The second-order valence-electron chi connectivity index (χ2n) is 8.70. The van der Waals surface area contributed by atoms with Crippen LogP contribution in [-0.2, 0) is 14.5 Å². The number of aromatic nitrogens is 2. The highest BCUT2D eigenvalue weighted by Gasteiger charge is 2.37. The number of pyridine rings is 2. The third-order valence-electron chi connectivity index (χ3n) is 6.80. The molecule has 2 heterocycles. The van der Waals surface area contributed by atoms with E-state index in [4.69, 9.17) is 13.6 Å². The number of hydrogen-bond acceptors (Lipinski definition) is 5. The average molecular weight is 429 g/mol. The lowest BCUT2D eigenvalue weighted by Crippen LogP contribution is -2.33. The Morgan fingerprint density at radius 3 is 1.48 bits per heavy atom. The molecule has 5 heteroatoms. The topological polar surface area (TPSA) is 35.0 Å². The van der Waals surface area contributed by atoms with Gasteiger partial charge in [0.25, 0.3) is 0 Å². The van der Waals surface area contributed by atoms with E-state index in [1.54, 1.807) is 24.1 Å². The minimum absolute atomic E-state index is 0.175. The molecule has 0 amide bonds. The summed E-state index contributed by atoms with van der Waals surface area (Å²) < 4.78 is 6.11. The van der Waals surface area contributed by atoms with Crippen LogP contribution in [0, 0.1) is 0 Å². The number of rotatable bonds is 8. The van der Waals surface area contributed by atoms with Gasteiger partial charge >= 0.3 is 0 Å². The summed E-state index contributed by atoms with van der Waals surface area (Å²) in [6.07, 6.45) is 16.7. The fourth-order valence-electron chi connectivity index (χ4n) is 5.07. The Hall–Kier alpha value is -1.04. The van der Waals surface area contributed by atoms with Crippen molar-refractivity contribution < 1.29 is 3.63 Å². The van der Waals surface area contributed by atoms with Crippen molar-refractivity contribution in [3.05, 3.63) is 60.2 Å². The van der Waals surface area contributed by atoms with Gasteiger partial charge in [0.15, 0.2) is 0 Å². The van der Waals surface area contributed by atoms with Gasteiger partial charge in [-0.3, -0.25) is 9.97 Å². The van der Waals surface area contributed by atoms with Crippen LogP contribution in [0.4, 0.5) is 0 Å². The summed E-state index contributed by atoms with van der Waals surface area (Å²) in [6, 6.07) is 12.7. The quantitative estimate of drug-likeness (QED) is 0.338. The molecule has 4 rings (SSSR count). The summed E-state index contributed by atoms with van der Waals surface area (Å²) in [5.41, 5.74) is 2.85. The fourth-order valence-corrected chi connectivity index (χ4v) is 7.05. The van der Waals surface area contributed by atoms with E-state index < -0.39 is 0 Å². The molecule has 0 aromatic carbocycles. The van der Waals surface area contributed by atoms with Crippen LogP contribution in [0.2, 0.25) is 0 Å². The van der Waals surface area contributed by atoms with E-state index in [1.165, 1.54) is 75.6 Å². The number of hydrogen-bond donors (Lipinski definition) is 0. The SMILES string of the molecule is c1ccc(C2(CSOSCC3(c4ccccn4)CCCCC3)CCCCC2)nc1. The van der Waals surface area contributed by atoms with Crippen LogP contribution in [0.25, 0.3) is 0 Å². The molecule has 2 aromatic rings. The standard InChI is InChI=1S/C24H32N2OS2/c1-5-13-23(14-6-1,21-11-3-9-17-25-21)19-28-27-29-20-24(15-7-2-8-16-24)22-12-4-10-18-26-22/h3-4,9-12,17-18H,1-2,5-8,13-16,19-20H2. The molecule has 0 unspecified atom stereocenters. The van der Waals surface area contributed by atoms with Gasteiger partial charge in [0.05, 0.1) is 0 Å². The van der Waals surface area contributed by atoms with Gasteiger partial charge in [-0.05, 0) is 49.9 Å². The predicted molar refractivity (Wildman–Crippen MR) is 124 cm³/mol. The summed E-state index contributed by atoms with van der Waals surface area (Å²) in [5, 5.41) is 0. The van der Waals surface area contributed by atoms with E-state index in [0.717, 1.165) is 11.5 Å². The minimum atomic E-state index is 0.175. The van der Waals surface area contributed by atoms with E-state index in [2.05, 4.69) is 24.3 Å². The zero-order valence-electron chi connectivity index (χ0n) is 17.2. The summed E-state index contributed by atoms with van der Waals surface area (Å²) in [5.74, 6) is 1.99. The van der Waals surface area contributed by atoms with Gasteiger partial charge in [0, 0.05) is 70.2 Å². The van der Waals surface area contributed by atoms with Gasteiger partial charge in [0.1, 0.15) is 0 Å². The van der Waals surface area contributed by atoms with Gasteiger partial charge in [-0.1, -0.05) is 50.7 Å². The normalized spacial score (nSPS) is 21.0. The Morgan fingerprint density at radius 1 is 0.655 bits per heavy atom. The second-order valence-corrected chi connectivity index (χ2v) is 10.3. The highest BCUT2D eigenvalue weighted by Crippen LogP contribution is 2.44. The zero-order valence-corrected chi connectivity index (χ0v) is 18.9. The van der Waals surface area contributed by atoms with Crippen molar-refractivity contribution in [2.75, 3.05) is 11.5 Å². The maximum Gasteiger partial charge on any atom is 0.0474 e. The maximum atomic E-state index is 6.11. The van der Waals surface area contributed by atoms with Crippen LogP contribution in [0.1, 0.15) is 75.6 Å². The van der Waals surface area contributed by atoms with Crippen LogP contribution < -0.4 is 0 Å². The molecule has 2 saturated carbocycles. The Labute approximate surface area is 184 Å². The van der Waals surface area contributed by atoms with Crippen LogP contribution in [-0.4, -0.2) is 21.5 Å². The third kappa shape index (κ3) is 5.18. The molecule has 0 aliphatic heterocycles. The Bertz CT molecular complexity index is 666. The Kier molecular flexibility index (Phi) is 7.54. The van der Waals surface area contributed by atoms with E-state index >= 15 is 0 Å². The highest BCUT2D eigenvalue weighted by atomic mass is 32.2. The van der Waals surface area contributed by atoms with Crippen LogP contribution in [0.5, 0.6) is 0 Å². The lowest BCUT2D eigenvalue weighted by Gasteiger charge is -2.37. The van der Waals surface area contributed by atoms with Crippen LogP contribution in [0.15, 0.2) is 48.8 Å². The molecule has 2 aliphatic carbocycles. The van der Waals surface area contributed by atoms with Gasteiger partial charge in [0.2, 0.25) is 0 Å². The van der Waals surface area contributed by atoms with Crippen molar-refractivity contribution in [3.63, 3.8) is 0 Å². The van der Waals surface area contributed by atoms with E-state index in [-0.39, 0.29) is 10.8 Å². The first-order valence-corrected chi connectivity index (χ1v) is 12.9. The zero-order chi connectivity index (χ0) is 19.8. The smallest absolute Gasteiger partial charge is 0.0474 e. The Morgan fingerprint density at radius 2 is 1.10 bits per heavy atom. The molecule has 3 nitrogen and oxygen atoms in total. The average Bonchev–Trinajstić information content (AvgIpc) is 2.81. The Balaban J connectivity index is 1.34. The molecule has 0 N–H and O–H groups in total. The molecule has 0 atom stereocenters. The van der Waals surface area contributed by atoms with E-state index in [9.17, 15) is 0 Å². The third-order valence-corrected chi connectivity index (χ3v) is 8.92. The van der Waals surface area contributed by atoms with Gasteiger partial charge in [-0.2, -0.15) is 0 Å². The van der Waals surface area contributed by atoms with Gasteiger partial charge < -0.3 is 0 Å². The van der Waals surface area contributed by atoms with E-state index in [1.807, 2.05) is 24.5 Å². The van der Waals surface area contributed by atoms with Crippen molar-refractivity contribution in [1.29, 1.82) is 0 Å². The lowest BCUT2D eigenvalue weighted by atomic mass is 9.73. The lowest BCUT2D eigenvalue weighted by molar-refractivity contribution is 0.314. The van der Waals surface area contributed by atoms with Crippen LogP contribution >= 0.6 is 24.1 Å². The molecule has 0 saturated heterocycles. The predicted octanol–water partition coefficient (Wildman–Crippen LogP) is 6.89. The summed E-state index contributed by atoms with van der Waals surface area (Å²) in [7, 11) is 0. The molecule has 0 radical (unpaired) electrons. The molecular weight excluding hydrogens is 396 g/mol. The van der Waals surface area contributed by atoms with Gasteiger partial charge in [-0.15, -0.1) is 0 Å². The molecule has 29 heavy (non-hydrogen) atoms. The first-order valence-electron chi connectivity index (χ1n) is 11.1. The summed E-state index contributed by atoms with van der Waals surface area (Å²) >= 11 is 3.28. The fraction of sp³-hybridized carbons (Fsp3) is 0.583. The molecule has 0 spiro atoms. The molecular formula is C24H32N2OS2. The van der Waals surface area contributed by atoms with Crippen LogP contribution in [0.3, 0.4) is 0 Å². The van der Waals surface area contributed by atoms with E-state index in [0.29, 0.717) is 0 Å². The largest absolute Gasteiger partial charge is 0.261 e.